The van der Waals surface area contributed by atoms with Gasteiger partial charge in [0.25, 0.3) is 5.91 Å². The third-order valence-corrected chi connectivity index (χ3v) is 4.32. The van der Waals surface area contributed by atoms with Gasteiger partial charge in [0.1, 0.15) is 18.1 Å². The van der Waals surface area contributed by atoms with Crippen LogP contribution in [0.1, 0.15) is 42.2 Å². The Kier molecular flexibility index (Phi) is 6.73. The quantitative estimate of drug-likeness (QED) is 0.428. The van der Waals surface area contributed by atoms with E-state index in [0.717, 1.165) is 17.5 Å². The van der Waals surface area contributed by atoms with Crippen LogP contribution in [0.3, 0.4) is 0 Å². The van der Waals surface area contributed by atoms with Gasteiger partial charge in [-0.15, -0.1) is 0 Å². The van der Waals surface area contributed by atoms with Gasteiger partial charge in [-0.25, -0.2) is 4.98 Å². The summed E-state index contributed by atoms with van der Waals surface area (Å²) < 4.78 is 5.73. The molecule has 0 radical (unpaired) electrons. The fourth-order valence-corrected chi connectivity index (χ4v) is 2.83. The third kappa shape index (κ3) is 5.16. The van der Waals surface area contributed by atoms with Crippen LogP contribution in [0, 0.1) is 6.92 Å². The van der Waals surface area contributed by atoms with Crippen LogP contribution in [0.15, 0.2) is 60.8 Å². The Hall–Kier alpha value is -3.21. The molecule has 5 nitrogen and oxygen atoms in total. The number of ether oxygens (including phenoxy) is 1. The summed E-state index contributed by atoms with van der Waals surface area (Å²) >= 11 is 0. The smallest absolute Gasteiger partial charge is 0.274 e. The Balaban J connectivity index is 1.66. The van der Waals surface area contributed by atoms with E-state index >= 15 is 0 Å². The number of pyridine rings is 2. The molecule has 144 valence electrons. The van der Waals surface area contributed by atoms with Gasteiger partial charge in [-0.05, 0) is 49.2 Å². The van der Waals surface area contributed by atoms with Gasteiger partial charge in [0.2, 0.25) is 0 Å². The van der Waals surface area contributed by atoms with E-state index in [1.165, 1.54) is 12.8 Å². The van der Waals surface area contributed by atoms with E-state index in [2.05, 4.69) is 28.3 Å². The number of aromatic nitrogens is 2. The number of anilines is 1. The third-order valence-electron chi connectivity index (χ3n) is 4.32. The van der Waals surface area contributed by atoms with Gasteiger partial charge in [0.05, 0.1) is 11.0 Å². The molecular formula is C23H25N3O2. The van der Waals surface area contributed by atoms with Crippen molar-refractivity contribution in [3.63, 3.8) is 0 Å². The van der Waals surface area contributed by atoms with Crippen molar-refractivity contribution in [3.8, 4) is 5.75 Å². The molecule has 0 saturated heterocycles. The van der Waals surface area contributed by atoms with Gasteiger partial charge < -0.3 is 10.1 Å². The van der Waals surface area contributed by atoms with E-state index in [0.29, 0.717) is 29.3 Å². The Morgan fingerprint density at radius 2 is 2.04 bits per heavy atom. The summed E-state index contributed by atoms with van der Waals surface area (Å²) in [5, 5.41) is 2.90. The maximum atomic E-state index is 12.7. The van der Waals surface area contributed by atoms with Crippen molar-refractivity contribution < 1.29 is 9.53 Å². The van der Waals surface area contributed by atoms with E-state index < -0.39 is 0 Å². The van der Waals surface area contributed by atoms with Crippen LogP contribution in [-0.2, 0) is 0 Å². The number of nitrogens with zero attached hydrogens (tertiary/aromatic N) is 2. The molecule has 1 amide bonds. The number of hydrogen-bond donors (Lipinski definition) is 1. The second-order valence-electron chi connectivity index (χ2n) is 6.60. The summed E-state index contributed by atoms with van der Waals surface area (Å²) in [6.07, 6.45) is 9.33. The fourth-order valence-electron chi connectivity index (χ4n) is 2.83. The summed E-state index contributed by atoms with van der Waals surface area (Å²) in [4.78, 5) is 21.4. The number of aryl methyl sites for hydroxylation is 1. The van der Waals surface area contributed by atoms with Crippen molar-refractivity contribution >= 4 is 22.6 Å². The lowest BCUT2D eigenvalue weighted by Gasteiger charge is -2.10. The van der Waals surface area contributed by atoms with Crippen LogP contribution in [-0.4, -0.2) is 22.5 Å². The Morgan fingerprint density at radius 1 is 1.14 bits per heavy atom. The van der Waals surface area contributed by atoms with Gasteiger partial charge in [-0.3, -0.25) is 9.78 Å². The second kappa shape index (κ2) is 9.65. The molecule has 0 bridgehead atoms. The number of rotatable bonds is 8. The van der Waals surface area contributed by atoms with E-state index in [-0.39, 0.29) is 5.91 Å². The molecule has 2 heterocycles. The van der Waals surface area contributed by atoms with Crippen LogP contribution >= 0.6 is 0 Å². The molecule has 0 unspecified atom stereocenters. The minimum absolute atomic E-state index is 0.250. The SMILES string of the molecule is CCCCC=CCOc1cccc(NC(=O)c2nc3cccnc3cc2C)c1. The predicted octanol–water partition coefficient (Wildman–Crippen LogP) is 5.32. The molecule has 0 saturated carbocycles. The zero-order valence-electron chi connectivity index (χ0n) is 16.3. The number of carbonyl (C=O) groups is 1. The first-order valence-electron chi connectivity index (χ1n) is 9.59. The van der Waals surface area contributed by atoms with Crippen molar-refractivity contribution in [1.82, 2.24) is 9.97 Å². The minimum Gasteiger partial charge on any atom is -0.489 e. The van der Waals surface area contributed by atoms with E-state index in [4.69, 9.17) is 4.74 Å². The largest absolute Gasteiger partial charge is 0.489 e. The predicted molar refractivity (Wildman–Crippen MR) is 113 cm³/mol. The zero-order valence-corrected chi connectivity index (χ0v) is 16.3. The molecule has 0 fully saturated rings. The van der Waals surface area contributed by atoms with Crippen LogP contribution in [0.5, 0.6) is 5.75 Å². The van der Waals surface area contributed by atoms with Crippen molar-refractivity contribution in [1.29, 1.82) is 0 Å². The number of allylic oxidation sites excluding steroid dienone is 1. The molecule has 0 aliphatic carbocycles. The van der Waals surface area contributed by atoms with E-state index in [1.54, 1.807) is 6.20 Å². The van der Waals surface area contributed by atoms with Crippen LogP contribution in [0.4, 0.5) is 5.69 Å². The molecule has 5 heteroatoms. The number of benzene rings is 1. The summed E-state index contributed by atoms with van der Waals surface area (Å²) in [7, 11) is 0. The minimum atomic E-state index is -0.250. The Morgan fingerprint density at radius 3 is 2.89 bits per heavy atom. The first-order valence-corrected chi connectivity index (χ1v) is 9.59. The number of unbranched alkanes of at least 4 members (excludes halogenated alkanes) is 2. The van der Waals surface area contributed by atoms with Crippen molar-refractivity contribution in [2.24, 2.45) is 0 Å². The summed E-state index contributed by atoms with van der Waals surface area (Å²) in [6, 6.07) is 12.9. The van der Waals surface area contributed by atoms with Gasteiger partial charge in [-0.1, -0.05) is 38.0 Å². The monoisotopic (exact) mass is 375 g/mol. The Bertz CT molecular complexity index is 982. The normalized spacial score (nSPS) is 11.1. The molecule has 0 spiro atoms. The van der Waals surface area contributed by atoms with Gasteiger partial charge in [0, 0.05) is 18.0 Å². The molecule has 0 atom stereocenters. The number of carbonyl (C=O) groups excluding carboxylic acids is 1. The molecular weight excluding hydrogens is 350 g/mol. The zero-order chi connectivity index (χ0) is 19.8. The summed E-state index contributed by atoms with van der Waals surface area (Å²) in [5.74, 6) is 0.463. The topological polar surface area (TPSA) is 64.1 Å². The average Bonchev–Trinajstić information content (AvgIpc) is 2.70. The van der Waals surface area contributed by atoms with Crippen LogP contribution in [0.25, 0.3) is 11.0 Å². The molecule has 0 aliphatic rings. The number of nitrogens with one attached hydrogen (secondary N) is 1. The molecule has 2 aromatic heterocycles. The number of amides is 1. The highest BCUT2D eigenvalue weighted by Gasteiger charge is 2.13. The van der Waals surface area contributed by atoms with Gasteiger partial charge in [-0.2, -0.15) is 0 Å². The van der Waals surface area contributed by atoms with E-state index in [9.17, 15) is 4.79 Å². The van der Waals surface area contributed by atoms with Crippen molar-refractivity contribution in [3.05, 3.63) is 72.1 Å². The molecule has 1 N–H and O–H groups in total. The summed E-state index contributed by atoms with van der Waals surface area (Å²) in [5.41, 5.74) is 3.33. The molecule has 0 aliphatic heterocycles. The molecule has 3 aromatic rings. The lowest BCUT2D eigenvalue weighted by atomic mass is 10.1. The molecule has 1 aromatic carbocycles. The highest BCUT2D eigenvalue weighted by atomic mass is 16.5. The number of hydrogen-bond acceptors (Lipinski definition) is 4. The second-order valence-corrected chi connectivity index (χ2v) is 6.60. The first-order chi connectivity index (χ1) is 13.7. The average molecular weight is 375 g/mol. The Labute approximate surface area is 165 Å². The lowest BCUT2D eigenvalue weighted by molar-refractivity contribution is 0.102. The maximum Gasteiger partial charge on any atom is 0.274 e. The highest BCUT2D eigenvalue weighted by molar-refractivity contribution is 6.05. The molecule has 3 rings (SSSR count). The number of fused-ring (bicyclic) bond motifs is 1. The van der Waals surface area contributed by atoms with Crippen LogP contribution in [0.2, 0.25) is 0 Å². The van der Waals surface area contributed by atoms with E-state index in [1.807, 2.05) is 55.5 Å². The van der Waals surface area contributed by atoms with Crippen molar-refractivity contribution in [2.75, 3.05) is 11.9 Å². The first kappa shape index (κ1) is 19.5. The fraction of sp³-hybridized carbons (Fsp3) is 0.261. The lowest BCUT2D eigenvalue weighted by Crippen LogP contribution is -2.15. The maximum absolute atomic E-state index is 12.7. The standard InChI is InChI=1S/C23H25N3O2/c1-3-4-5-6-7-14-28-19-11-8-10-18(16-19)25-23(27)22-17(2)15-21-20(26-22)12-9-13-24-21/h6-13,15-16H,3-5,14H2,1-2H3,(H,25,27). The van der Waals surface area contributed by atoms with Crippen LogP contribution < -0.4 is 10.1 Å². The van der Waals surface area contributed by atoms with Gasteiger partial charge >= 0.3 is 0 Å². The highest BCUT2D eigenvalue weighted by Crippen LogP contribution is 2.20. The van der Waals surface area contributed by atoms with Crippen molar-refractivity contribution in [2.45, 2.75) is 33.1 Å². The van der Waals surface area contributed by atoms with Gasteiger partial charge in [0.15, 0.2) is 0 Å². The molecule has 28 heavy (non-hydrogen) atoms. The summed E-state index contributed by atoms with van der Waals surface area (Å²) in [6.45, 7) is 4.55.